The van der Waals surface area contributed by atoms with Crippen LogP contribution in [0.15, 0.2) is 11.1 Å². The van der Waals surface area contributed by atoms with Crippen molar-refractivity contribution in [2.75, 3.05) is 13.7 Å². The van der Waals surface area contributed by atoms with Crippen LogP contribution in [0.3, 0.4) is 0 Å². The number of epoxide rings is 2. The second kappa shape index (κ2) is 6.83. The second-order valence-electron chi connectivity index (χ2n) is 11.3. The highest BCUT2D eigenvalue weighted by Gasteiger charge is 2.91. The van der Waals surface area contributed by atoms with Crippen LogP contribution < -0.4 is 0 Å². The number of ether oxygens (including phenoxy) is 5. The van der Waals surface area contributed by atoms with Crippen LogP contribution in [0, 0.1) is 17.3 Å². The van der Waals surface area contributed by atoms with E-state index in [1.165, 1.54) is 7.11 Å². The Hall–Kier alpha value is -1.97. The molecule has 3 heterocycles. The molecular formula is C25H32O9. The summed E-state index contributed by atoms with van der Waals surface area (Å²) < 4.78 is 28.7. The molecule has 0 aromatic rings. The highest BCUT2D eigenvalue weighted by atomic mass is 16.7. The van der Waals surface area contributed by atoms with Crippen molar-refractivity contribution in [2.45, 2.75) is 94.4 Å². The zero-order chi connectivity index (χ0) is 24.3. The second-order valence-corrected chi connectivity index (χ2v) is 11.3. The van der Waals surface area contributed by atoms with Gasteiger partial charge >= 0.3 is 17.9 Å². The molecule has 1 spiro atoms. The molecule has 3 aliphatic heterocycles. The highest BCUT2D eigenvalue weighted by molar-refractivity contribution is 5.92. The van der Waals surface area contributed by atoms with Gasteiger partial charge in [0.1, 0.15) is 17.8 Å². The summed E-state index contributed by atoms with van der Waals surface area (Å²) in [6, 6.07) is 0. The molecule has 34 heavy (non-hydrogen) atoms. The van der Waals surface area contributed by atoms with Gasteiger partial charge in [0.2, 0.25) is 0 Å². The number of cyclic esters (lactones) is 1. The van der Waals surface area contributed by atoms with Gasteiger partial charge in [-0.15, -0.1) is 0 Å². The van der Waals surface area contributed by atoms with E-state index in [9.17, 15) is 19.5 Å². The maximum Gasteiger partial charge on any atom is 0.334 e. The summed E-state index contributed by atoms with van der Waals surface area (Å²) in [5, 5.41) is 12.5. The number of carbonyl (C=O) groups excluding carboxylic acids is 3. The minimum Gasteiger partial charge on any atom is -0.469 e. The molecule has 0 radical (unpaired) electrons. The van der Waals surface area contributed by atoms with E-state index in [0.717, 1.165) is 11.1 Å². The SMILES string of the molecule is COC(=O)CCC(=O)O[C@@H]1[C@@]2(C(C)C)O[C@H]2C[C@]2(O)[C@]13O[C@H]3C[C@H]1C3=C(CC[C@@]12C)C(=O)OC3. The molecule has 9 nitrogen and oxygen atoms in total. The Bertz CT molecular complexity index is 1020. The van der Waals surface area contributed by atoms with Gasteiger partial charge in [-0.2, -0.15) is 0 Å². The van der Waals surface area contributed by atoms with Gasteiger partial charge < -0.3 is 28.8 Å². The van der Waals surface area contributed by atoms with Gasteiger partial charge in [-0.25, -0.2) is 4.79 Å². The minimum absolute atomic E-state index is 0.0340. The molecule has 0 bridgehead atoms. The summed E-state index contributed by atoms with van der Waals surface area (Å²) in [6.45, 7) is 6.40. The summed E-state index contributed by atoms with van der Waals surface area (Å²) in [5.41, 5.74) is -1.95. The lowest BCUT2D eigenvalue weighted by molar-refractivity contribution is -0.222. The lowest BCUT2D eigenvalue weighted by atomic mass is 9.44. The van der Waals surface area contributed by atoms with E-state index in [2.05, 4.69) is 11.7 Å². The van der Waals surface area contributed by atoms with Gasteiger partial charge in [0.15, 0.2) is 11.7 Å². The number of carbonyl (C=O) groups is 3. The van der Waals surface area contributed by atoms with Gasteiger partial charge in [-0.3, -0.25) is 9.59 Å². The smallest absolute Gasteiger partial charge is 0.334 e. The van der Waals surface area contributed by atoms with E-state index >= 15 is 0 Å². The summed E-state index contributed by atoms with van der Waals surface area (Å²) in [6.07, 6.45) is 0.624. The van der Waals surface area contributed by atoms with E-state index < -0.39 is 40.3 Å². The normalized spacial score (nSPS) is 47.5. The van der Waals surface area contributed by atoms with Gasteiger partial charge in [0.25, 0.3) is 0 Å². The summed E-state index contributed by atoms with van der Waals surface area (Å²) >= 11 is 0. The lowest BCUT2D eigenvalue weighted by Gasteiger charge is -2.60. The number of methoxy groups -OCH3 is 1. The largest absolute Gasteiger partial charge is 0.469 e. The monoisotopic (exact) mass is 476 g/mol. The number of rotatable bonds is 5. The van der Waals surface area contributed by atoms with Crippen LogP contribution in [-0.4, -0.2) is 71.8 Å². The number of aliphatic hydroxyl groups is 1. The Morgan fingerprint density at radius 3 is 2.62 bits per heavy atom. The molecule has 8 atom stereocenters. The lowest BCUT2D eigenvalue weighted by Crippen LogP contribution is -2.74. The molecule has 0 unspecified atom stereocenters. The highest BCUT2D eigenvalue weighted by Crippen LogP contribution is 2.76. The van der Waals surface area contributed by atoms with Crippen molar-refractivity contribution in [1.82, 2.24) is 0 Å². The maximum atomic E-state index is 12.9. The molecule has 1 N–H and O–H groups in total. The molecule has 3 aliphatic carbocycles. The first-order valence-electron chi connectivity index (χ1n) is 12.3. The first-order chi connectivity index (χ1) is 16.0. The average Bonchev–Trinajstić information content (AvgIpc) is 3.67. The Balaban J connectivity index is 1.37. The molecule has 0 aromatic carbocycles. The fourth-order valence-electron chi connectivity index (χ4n) is 7.89. The Morgan fingerprint density at radius 2 is 1.91 bits per heavy atom. The fraction of sp³-hybridized carbons (Fsp3) is 0.800. The molecule has 9 heteroatoms. The van der Waals surface area contributed by atoms with E-state index in [4.69, 9.17) is 18.9 Å². The average molecular weight is 477 g/mol. The van der Waals surface area contributed by atoms with E-state index in [1.54, 1.807) is 0 Å². The third kappa shape index (κ3) is 2.48. The van der Waals surface area contributed by atoms with Crippen LogP contribution >= 0.6 is 0 Å². The first kappa shape index (κ1) is 22.5. The van der Waals surface area contributed by atoms with Crippen LogP contribution in [0.5, 0.6) is 0 Å². The predicted octanol–water partition coefficient (Wildman–Crippen LogP) is 1.59. The van der Waals surface area contributed by atoms with Crippen molar-refractivity contribution in [3.8, 4) is 0 Å². The number of hydrogen-bond donors (Lipinski definition) is 1. The molecule has 6 rings (SSSR count). The van der Waals surface area contributed by atoms with Crippen molar-refractivity contribution in [1.29, 1.82) is 0 Å². The first-order valence-corrected chi connectivity index (χ1v) is 12.3. The topological polar surface area (TPSA) is 124 Å². The van der Waals surface area contributed by atoms with E-state index in [1.807, 2.05) is 13.8 Å². The van der Waals surface area contributed by atoms with Crippen molar-refractivity contribution in [3.05, 3.63) is 11.1 Å². The Kier molecular flexibility index (Phi) is 4.52. The number of hydrogen-bond acceptors (Lipinski definition) is 9. The third-order valence-electron chi connectivity index (χ3n) is 9.86. The van der Waals surface area contributed by atoms with Crippen LogP contribution in [0.4, 0.5) is 0 Å². The van der Waals surface area contributed by atoms with Crippen molar-refractivity contribution in [3.63, 3.8) is 0 Å². The molecular weight excluding hydrogens is 444 g/mol. The third-order valence-corrected chi connectivity index (χ3v) is 9.86. The summed E-state index contributed by atoms with van der Waals surface area (Å²) in [7, 11) is 1.28. The quantitative estimate of drug-likeness (QED) is 0.358. The van der Waals surface area contributed by atoms with Gasteiger partial charge in [-0.1, -0.05) is 20.8 Å². The molecule has 4 fully saturated rings. The molecule has 2 saturated carbocycles. The van der Waals surface area contributed by atoms with Gasteiger partial charge in [0, 0.05) is 17.4 Å². The fourth-order valence-corrected chi connectivity index (χ4v) is 7.89. The maximum absolute atomic E-state index is 12.9. The van der Waals surface area contributed by atoms with Crippen molar-refractivity contribution < 1.29 is 43.2 Å². The van der Waals surface area contributed by atoms with Crippen LogP contribution in [-0.2, 0) is 38.1 Å². The van der Waals surface area contributed by atoms with Gasteiger partial charge in [0.05, 0.1) is 32.2 Å². The molecule has 186 valence electrons. The number of esters is 3. The zero-order valence-electron chi connectivity index (χ0n) is 20.0. The predicted molar refractivity (Wildman–Crippen MR) is 114 cm³/mol. The van der Waals surface area contributed by atoms with Crippen LogP contribution in [0.25, 0.3) is 0 Å². The van der Waals surface area contributed by atoms with Gasteiger partial charge in [-0.05, 0) is 36.7 Å². The Morgan fingerprint density at radius 1 is 1.18 bits per heavy atom. The van der Waals surface area contributed by atoms with Crippen LogP contribution in [0.1, 0.15) is 59.3 Å². The molecule has 0 amide bonds. The van der Waals surface area contributed by atoms with Crippen molar-refractivity contribution >= 4 is 17.9 Å². The standard InChI is InChI=1S/C25H32O9/c1-12(2)24-17(33-24)10-23(29)22(3)8-7-13-14(11-31-20(13)28)15(22)9-16-25(23,34-16)21(24)32-19(27)6-5-18(26)30-4/h12,15-17,21,29H,5-11H2,1-4H3/t15-,16-,17-,21+,22-,23+,24-,25+/m0/s1. The summed E-state index contributed by atoms with van der Waals surface area (Å²) in [5.74, 6) is -1.28. The Labute approximate surface area is 198 Å². The summed E-state index contributed by atoms with van der Waals surface area (Å²) in [4.78, 5) is 36.7. The van der Waals surface area contributed by atoms with E-state index in [-0.39, 0.29) is 49.5 Å². The van der Waals surface area contributed by atoms with Crippen LogP contribution in [0.2, 0.25) is 0 Å². The number of fused-ring (bicyclic) bond motifs is 4. The van der Waals surface area contributed by atoms with Crippen molar-refractivity contribution in [2.24, 2.45) is 17.3 Å². The zero-order valence-corrected chi connectivity index (χ0v) is 20.0. The molecule has 0 aromatic heterocycles. The molecule has 2 saturated heterocycles. The van der Waals surface area contributed by atoms with E-state index in [0.29, 0.717) is 25.7 Å². The minimum atomic E-state index is -1.30. The molecule has 6 aliphatic rings.